The van der Waals surface area contributed by atoms with Gasteiger partial charge in [-0.25, -0.2) is 9.07 Å². The molecule has 0 N–H and O–H groups in total. The van der Waals surface area contributed by atoms with Gasteiger partial charge in [0.1, 0.15) is 12.1 Å². The molecular formula is C21H21FN6O2. The summed E-state index contributed by atoms with van der Waals surface area (Å²) in [4.78, 5) is 28.8. The van der Waals surface area contributed by atoms with E-state index >= 15 is 0 Å². The molecule has 4 rings (SSSR count). The van der Waals surface area contributed by atoms with E-state index < -0.39 is 5.82 Å². The summed E-state index contributed by atoms with van der Waals surface area (Å²) in [5.41, 5.74) is 1.77. The Bertz CT molecular complexity index is 1020. The fourth-order valence-electron chi connectivity index (χ4n) is 3.51. The number of carbonyl (C=O) groups excluding carboxylic acids is 2. The van der Waals surface area contributed by atoms with Crippen LogP contribution in [0.4, 0.5) is 4.39 Å². The zero-order valence-corrected chi connectivity index (χ0v) is 16.3. The summed E-state index contributed by atoms with van der Waals surface area (Å²) < 4.78 is 15.5. The summed E-state index contributed by atoms with van der Waals surface area (Å²) in [7, 11) is 0. The lowest BCUT2D eigenvalue weighted by molar-refractivity contribution is -0.130. The predicted octanol–water partition coefficient (Wildman–Crippen LogP) is 1.72. The molecule has 1 aliphatic rings. The highest BCUT2D eigenvalue weighted by Crippen LogP contribution is 2.14. The number of nitrogens with zero attached hydrogens (tertiary/aromatic N) is 6. The summed E-state index contributed by atoms with van der Waals surface area (Å²) in [5.74, 6) is -0.851. The van der Waals surface area contributed by atoms with E-state index in [9.17, 15) is 14.0 Å². The molecule has 0 saturated carbocycles. The average Bonchev–Trinajstić information content (AvgIpc) is 3.18. The molecule has 0 radical (unpaired) electrons. The number of halogens is 1. The second-order valence-electron chi connectivity index (χ2n) is 7.10. The first-order valence-electron chi connectivity index (χ1n) is 9.76. The van der Waals surface area contributed by atoms with Crippen LogP contribution in [-0.2, 0) is 11.2 Å². The van der Waals surface area contributed by atoms with Crippen LogP contribution in [0, 0.1) is 5.82 Å². The van der Waals surface area contributed by atoms with Gasteiger partial charge in [-0.2, -0.15) is 0 Å². The minimum absolute atomic E-state index is 0.00497. The van der Waals surface area contributed by atoms with Crippen LogP contribution < -0.4 is 0 Å². The van der Waals surface area contributed by atoms with Gasteiger partial charge in [-0.15, -0.1) is 5.10 Å². The number of rotatable bonds is 4. The summed E-state index contributed by atoms with van der Waals surface area (Å²) in [6.45, 7) is 1.89. The highest BCUT2D eigenvalue weighted by molar-refractivity contribution is 5.94. The van der Waals surface area contributed by atoms with Crippen LogP contribution in [-0.4, -0.2) is 68.0 Å². The number of benzene rings is 2. The van der Waals surface area contributed by atoms with Crippen molar-refractivity contribution in [3.05, 3.63) is 71.8 Å². The number of tetrazole rings is 1. The van der Waals surface area contributed by atoms with Crippen molar-refractivity contribution in [2.45, 2.75) is 12.8 Å². The first-order valence-corrected chi connectivity index (χ1v) is 9.76. The molecule has 1 saturated heterocycles. The first kappa shape index (κ1) is 19.7. The van der Waals surface area contributed by atoms with Gasteiger partial charge in [0.2, 0.25) is 5.91 Å². The van der Waals surface area contributed by atoms with Crippen molar-refractivity contribution in [3.63, 3.8) is 0 Å². The third kappa shape index (κ3) is 4.35. The lowest BCUT2D eigenvalue weighted by Crippen LogP contribution is -2.38. The van der Waals surface area contributed by atoms with Crippen LogP contribution in [0.1, 0.15) is 22.3 Å². The van der Waals surface area contributed by atoms with Crippen molar-refractivity contribution in [3.8, 4) is 5.69 Å². The fraction of sp³-hybridized carbons (Fsp3) is 0.286. The Balaban J connectivity index is 1.35. The summed E-state index contributed by atoms with van der Waals surface area (Å²) in [6, 6.07) is 13.4. The molecule has 0 unspecified atom stereocenters. The molecule has 8 nitrogen and oxygen atoms in total. The SMILES string of the molecule is O=C(Cc1ccc(-n2cnnn2)cc1)N1CCCN(C(=O)c2ccccc2F)CC1. The molecule has 1 aliphatic heterocycles. The molecule has 9 heteroatoms. The molecule has 0 spiro atoms. The van der Waals surface area contributed by atoms with E-state index in [1.54, 1.807) is 26.6 Å². The predicted molar refractivity (Wildman–Crippen MR) is 106 cm³/mol. The summed E-state index contributed by atoms with van der Waals surface area (Å²) in [5, 5.41) is 11.0. The summed E-state index contributed by atoms with van der Waals surface area (Å²) >= 11 is 0. The minimum Gasteiger partial charge on any atom is -0.341 e. The average molecular weight is 408 g/mol. The molecule has 0 aliphatic carbocycles. The van der Waals surface area contributed by atoms with Crippen LogP contribution in [0.3, 0.4) is 0 Å². The van der Waals surface area contributed by atoms with E-state index in [1.165, 1.54) is 18.5 Å². The lowest BCUT2D eigenvalue weighted by atomic mass is 10.1. The second kappa shape index (κ2) is 8.81. The van der Waals surface area contributed by atoms with Crippen molar-refractivity contribution < 1.29 is 14.0 Å². The summed E-state index contributed by atoms with van der Waals surface area (Å²) in [6.07, 6.45) is 2.44. The van der Waals surface area contributed by atoms with Gasteiger partial charge in [-0.3, -0.25) is 9.59 Å². The molecule has 154 valence electrons. The van der Waals surface area contributed by atoms with Gasteiger partial charge >= 0.3 is 0 Å². The Kier molecular flexibility index (Phi) is 5.78. The molecule has 2 heterocycles. The standard InChI is InChI=1S/C21H21FN6O2/c22-19-5-2-1-4-18(19)21(30)27-11-3-10-26(12-13-27)20(29)14-16-6-8-17(9-7-16)28-15-23-24-25-28/h1-2,4-9,15H,3,10-14H2. The quantitative estimate of drug-likeness (QED) is 0.656. The van der Waals surface area contributed by atoms with Crippen molar-refractivity contribution in [1.82, 2.24) is 30.0 Å². The van der Waals surface area contributed by atoms with E-state index in [1.807, 2.05) is 24.3 Å². The van der Waals surface area contributed by atoms with Crippen LogP contribution >= 0.6 is 0 Å². The Hall–Kier alpha value is -3.62. The molecule has 0 atom stereocenters. The van der Waals surface area contributed by atoms with Gasteiger partial charge in [0, 0.05) is 26.2 Å². The minimum atomic E-state index is -0.523. The van der Waals surface area contributed by atoms with Gasteiger partial charge < -0.3 is 9.80 Å². The van der Waals surface area contributed by atoms with E-state index in [-0.39, 0.29) is 23.8 Å². The highest BCUT2D eigenvalue weighted by atomic mass is 19.1. The van der Waals surface area contributed by atoms with Crippen LogP contribution in [0.5, 0.6) is 0 Å². The smallest absolute Gasteiger partial charge is 0.256 e. The molecular weight excluding hydrogens is 387 g/mol. The largest absolute Gasteiger partial charge is 0.341 e. The number of hydrogen-bond acceptors (Lipinski definition) is 5. The molecule has 0 bridgehead atoms. The first-order chi connectivity index (χ1) is 14.6. The van der Waals surface area contributed by atoms with E-state index in [0.29, 0.717) is 32.6 Å². The van der Waals surface area contributed by atoms with Crippen LogP contribution in [0.25, 0.3) is 5.69 Å². The Morgan fingerprint density at radius 1 is 0.933 bits per heavy atom. The van der Waals surface area contributed by atoms with Crippen molar-refractivity contribution in [1.29, 1.82) is 0 Å². The van der Waals surface area contributed by atoms with E-state index in [0.717, 1.165) is 11.3 Å². The maximum Gasteiger partial charge on any atom is 0.256 e. The van der Waals surface area contributed by atoms with Crippen LogP contribution in [0.15, 0.2) is 54.9 Å². The number of aromatic nitrogens is 4. The van der Waals surface area contributed by atoms with Crippen molar-refractivity contribution in [2.24, 2.45) is 0 Å². The number of amides is 2. The zero-order chi connectivity index (χ0) is 20.9. The maximum absolute atomic E-state index is 13.9. The maximum atomic E-state index is 13.9. The molecule has 1 aromatic heterocycles. The Labute approximate surface area is 172 Å². The van der Waals surface area contributed by atoms with Crippen molar-refractivity contribution in [2.75, 3.05) is 26.2 Å². The van der Waals surface area contributed by atoms with Crippen molar-refractivity contribution >= 4 is 11.8 Å². The third-order valence-electron chi connectivity index (χ3n) is 5.15. The number of hydrogen-bond donors (Lipinski definition) is 0. The molecule has 30 heavy (non-hydrogen) atoms. The second-order valence-corrected chi connectivity index (χ2v) is 7.10. The molecule has 2 amide bonds. The molecule has 1 fully saturated rings. The topological polar surface area (TPSA) is 84.2 Å². The van der Waals surface area contributed by atoms with Crippen LogP contribution in [0.2, 0.25) is 0 Å². The number of carbonyl (C=O) groups is 2. The van der Waals surface area contributed by atoms with Gasteiger partial charge in [0.25, 0.3) is 5.91 Å². The Morgan fingerprint density at radius 3 is 2.40 bits per heavy atom. The van der Waals surface area contributed by atoms with Gasteiger partial charge in [0.05, 0.1) is 17.7 Å². The van der Waals surface area contributed by atoms with Gasteiger partial charge in [0.15, 0.2) is 0 Å². The fourth-order valence-corrected chi connectivity index (χ4v) is 3.51. The zero-order valence-electron chi connectivity index (χ0n) is 16.3. The lowest BCUT2D eigenvalue weighted by Gasteiger charge is -2.22. The normalized spacial score (nSPS) is 14.4. The Morgan fingerprint density at radius 2 is 1.67 bits per heavy atom. The van der Waals surface area contributed by atoms with E-state index in [4.69, 9.17) is 0 Å². The highest BCUT2D eigenvalue weighted by Gasteiger charge is 2.24. The monoisotopic (exact) mass is 408 g/mol. The van der Waals surface area contributed by atoms with Gasteiger partial charge in [-0.05, 0) is 46.7 Å². The van der Waals surface area contributed by atoms with Gasteiger partial charge in [-0.1, -0.05) is 24.3 Å². The third-order valence-corrected chi connectivity index (χ3v) is 5.15. The van der Waals surface area contributed by atoms with E-state index in [2.05, 4.69) is 15.5 Å². The molecule has 3 aromatic rings. The molecule has 2 aromatic carbocycles.